The van der Waals surface area contributed by atoms with Crippen molar-refractivity contribution in [2.45, 2.75) is 50.7 Å². The maximum absolute atomic E-state index is 13.5. The maximum Gasteiger partial charge on any atom is 0.224 e. The highest BCUT2D eigenvalue weighted by Gasteiger charge is 2.75. The second kappa shape index (κ2) is 5.79. The first-order chi connectivity index (χ1) is 13.2. The van der Waals surface area contributed by atoms with E-state index >= 15 is 0 Å². The Morgan fingerprint density at radius 3 is 2.93 bits per heavy atom. The maximum atomic E-state index is 13.5. The lowest BCUT2D eigenvalue weighted by Crippen LogP contribution is -2.66. The molecule has 0 aromatic rings. The lowest BCUT2D eigenvalue weighted by molar-refractivity contribution is -0.178. The number of rotatable bonds is 3. The third kappa shape index (κ3) is 2.00. The highest BCUT2D eigenvalue weighted by atomic mass is 79.9. The largest absolute Gasteiger partial charge is 0.386 e. The van der Waals surface area contributed by atoms with Gasteiger partial charge in [-0.1, -0.05) is 41.1 Å². The zero-order valence-electron chi connectivity index (χ0n) is 16.2. The Morgan fingerprint density at radius 1 is 1.46 bits per heavy atom. The Bertz CT molecular complexity index is 823. The number of allylic oxidation sites excluding steroid dienone is 2. The number of nitrogens with one attached hydrogen (secondary N) is 1. The summed E-state index contributed by atoms with van der Waals surface area (Å²) in [7, 11) is 0. The third-order valence-corrected chi connectivity index (χ3v) is 9.35. The van der Waals surface area contributed by atoms with Crippen molar-refractivity contribution in [1.82, 2.24) is 5.32 Å². The number of amides is 1. The van der Waals surface area contributed by atoms with Crippen LogP contribution in [0, 0.1) is 34.5 Å². The zero-order valence-corrected chi connectivity index (χ0v) is 17.8. The Labute approximate surface area is 173 Å². The van der Waals surface area contributed by atoms with Crippen molar-refractivity contribution >= 4 is 27.6 Å². The second-order valence-corrected chi connectivity index (χ2v) is 10.7. The summed E-state index contributed by atoms with van der Waals surface area (Å²) in [4.78, 5) is 26.4. The summed E-state index contributed by atoms with van der Waals surface area (Å²) >= 11 is 3.37. The Hall–Kier alpha value is -0.980. The molecule has 5 rings (SSSR count). The summed E-state index contributed by atoms with van der Waals surface area (Å²) in [6.45, 7) is 6.66. The summed E-state index contributed by atoms with van der Waals surface area (Å²) in [5, 5.41) is 25.2. The van der Waals surface area contributed by atoms with E-state index in [0.29, 0.717) is 37.6 Å². The summed E-state index contributed by atoms with van der Waals surface area (Å²) in [6.07, 6.45) is 4.70. The van der Waals surface area contributed by atoms with E-state index < -0.39 is 17.1 Å². The lowest BCUT2D eigenvalue weighted by Gasteiger charge is -2.56. The van der Waals surface area contributed by atoms with Crippen LogP contribution in [0.5, 0.6) is 0 Å². The molecule has 0 saturated heterocycles. The molecule has 5 aliphatic rings. The Morgan fingerprint density at radius 2 is 2.21 bits per heavy atom. The van der Waals surface area contributed by atoms with Gasteiger partial charge in [0.2, 0.25) is 5.91 Å². The summed E-state index contributed by atoms with van der Waals surface area (Å²) in [5.74, 6) is -0.587. The van der Waals surface area contributed by atoms with Crippen molar-refractivity contribution in [2.75, 3.05) is 11.9 Å². The molecule has 152 valence electrons. The molecule has 0 radical (unpaired) electrons. The van der Waals surface area contributed by atoms with Gasteiger partial charge in [0.05, 0.1) is 11.5 Å². The number of aliphatic hydroxyl groups excluding tert-OH is 1. The standard InChI is InChI=1S/C22H28BrNO4/c1-11-9-21-10-22(11,28)6-5-13(21)12-3-4-14-17(25)18(26)20(14,2)15(12)16(21)19(27)24-8-7-23/h3,13-17,25,28H,1,4-10H2,2H3,(H,24,27)/t13-,14+,15?,16+,17-,20+,21-,22-/m0/s1. The van der Waals surface area contributed by atoms with Gasteiger partial charge in [0.1, 0.15) is 6.10 Å². The van der Waals surface area contributed by atoms with Gasteiger partial charge in [-0.25, -0.2) is 0 Å². The fourth-order valence-corrected chi connectivity index (χ4v) is 7.94. The van der Waals surface area contributed by atoms with Crippen molar-refractivity contribution in [2.24, 2.45) is 34.5 Å². The van der Waals surface area contributed by atoms with Gasteiger partial charge in [-0.05, 0) is 49.0 Å². The van der Waals surface area contributed by atoms with Crippen LogP contribution in [-0.2, 0) is 9.59 Å². The van der Waals surface area contributed by atoms with E-state index in [1.807, 2.05) is 6.92 Å². The zero-order chi connectivity index (χ0) is 20.1. The van der Waals surface area contributed by atoms with Crippen LogP contribution in [0.25, 0.3) is 0 Å². The average Bonchev–Trinajstić information content (AvgIpc) is 3.05. The van der Waals surface area contributed by atoms with E-state index in [1.165, 1.54) is 5.57 Å². The van der Waals surface area contributed by atoms with Crippen LogP contribution in [0.4, 0.5) is 0 Å². The number of hydrogen-bond donors (Lipinski definition) is 3. The van der Waals surface area contributed by atoms with Crippen molar-refractivity contribution in [3.05, 3.63) is 23.8 Å². The van der Waals surface area contributed by atoms with Crippen LogP contribution in [-0.4, -0.2) is 45.5 Å². The lowest BCUT2D eigenvalue weighted by atomic mass is 9.46. The molecule has 0 aromatic heterocycles. The van der Waals surface area contributed by atoms with Gasteiger partial charge >= 0.3 is 0 Å². The van der Waals surface area contributed by atoms with Gasteiger partial charge in [0, 0.05) is 29.1 Å². The Kier molecular flexibility index (Phi) is 3.93. The molecule has 1 unspecified atom stereocenters. The molecule has 5 aliphatic carbocycles. The molecule has 1 spiro atoms. The van der Waals surface area contributed by atoms with Crippen LogP contribution >= 0.6 is 15.9 Å². The molecule has 0 heterocycles. The minimum atomic E-state index is -0.912. The molecule has 8 atom stereocenters. The van der Waals surface area contributed by atoms with Gasteiger partial charge < -0.3 is 15.5 Å². The number of aliphatic hydroxyl groups is 2. The predicted molar refractivity (Wildman–Crippen MR) is 108 cm³/mol. The van der Waals surface area contributed by atoms with Gasteiger partial charge in [0.25, 0.3) is 0 Å². The number of hydrogen-bond acceptors (Lipinski definition) is 4. The van der Waals surface area contributed by atoms with E-state index in [-0.39, 0.29) is 40.8 Å². The van der Waals surface area contributed by atoms with Gasteiger partial charge in [0.15, 0.2) is 5.78 Å². The highest BCUT2D eigenvalue weighted by Crippen LogP contribution is 2.75. The molecule has 0 aromatic carbocycles. The monoisotopic (exact) mass is 449 g/mol. The number of carbonyl (C=O) groups is 2. The number of halogens is 1. The molecule has 3 N–H and O–H groups in total. The van der Waals surface area contributed by atoms with Crippen molar-refractivity contribution < 1.29 is 19.8 Å². The molecule has 0 aliphatic heterocycles. The van der Waals surface area contributed by atoms with Gasteiger partial charge in [-0.3, -0.25) is 9.59 Å². The predicted octanol–water partition coefficient (Wildman–Crippen LogP) is 2.12. The minimum absolute atomic E-state index is 0.0205. The third-order valence-electron chi connectivity index (χ3n) is 8.96. The first kappa shape index (κ1) is 19.0. The molecule has 5 nitrogen and oxygen atoms in total. The van der Waals surface area contributed by atoms with Gasteiger partial charge in [-0.2, -0.15) is 0 Å². The van der Waals surface area contributed by atoms with E-state index in [9.17, 15) is 19.8 Å². The van der Waals surface area contributed by atoms with Gasteiger partial charge in [-0.15, -0.1) is 0 Å². The van der Waals surface area contributed by atoms with Crippen molar-refractivity contribution in [3.8, 4) is 0 Å². The topological polar surface area (TPSA) is 86.6 Å². The number of carbonyl (C=O) groups excluding carboxylic acids is 2. The molecule has 1 amide bonds. The summed E-state index contributed by atoms with van der Waals surface area (Å²) in [5.41, 5.74) is 0.134. The van der Waals surface area contributed by atoms with Crippen LogP contribution in [0.1, 0.15) is 39.0 Å². The molecule has 4 saturated carbocycles. The SMILES string of the molecule is C=C1C[C@]23C[C@@]1(O)CC[C@H]2C1=CC[C@@H]2[C@H](O)C(=O)[C@@]2(C)C1[C@@H]3C(=O)NCCBr. The average molecular weight is 450 g/mol. The molecular weight excluding hydrogens is 422 g/mol. The number of ketones is 1. The van der Waals surface area contributed by atoms with Crippen molar-refractivity contribution in [3.63, 3.8) is 0 Å². The molecule has 4 fully saturated rings. The van der Waals surface area contributed by atoms with Crippen LogP contribution < -0.4 is 5.32 Å². The fourth-order valence-electron chi connectivity index (χ4n) is 7.74. The van der Waals surface area contributed by atoms with Crippen LogP contribution in [0.2, 0.25) is 0 Å². The molecular formula is C22H28BrNO4. The van der Waals surface area contributed by atoms with Crippen LogP contribution in [0.15, 0.2) is 23.8 Å². The molecule has 28 heavy (non-hydrogen) atoms. The number of alkyl halides is 1. The molecule has 6 heteroatoms. The Balaban J connectivity index is 1.65. The normalized spacial score (nSPS) is 51.0. The molecule has 2 bridgehead atoms. The van der Waals surface area contributed by atoms with E-state index in [2.05, 4.69) is 33.9 Å². The summed E-state index contributed by atoms with van der Waals surface area (Å²) < 4.78 is 0. The number of Topliss-reactive ketones (excluding diaryl/α,β-unsaturated/α-hetero) is 1. The second-order valence-electron chi connectivity index (χ2n) is 9.89. The van der Waals surface area contributed by atoms with E-state index in [0.717, 1.165) is 12.0 Å². The number of fused-ring (bicyclic) bond motifs is 5. The first-order valence-corrected chi connectivity index (χ1v) is 11.5. The highest BCUT2D eigenvalue weighted by molar-refractivity contribution is 9.09. The quantitative estimate of drug-likeness (QED) is 0.454. The minimum Gasteiger partial charge on any atom is -0.386 e. The smallest absolute Gasteiger partial charge is 0.224 e. The first-order valence-electron chi connectivity index (χ1n) is 10.4. The van der Waals surface area contributed by atoms with E-state index in [1.54, 1.807) is 0 Å². The van der Waals surface area contributed by atoms with Crippen LogP contribution in [0.3, 0.4) is 0 Å². The summed E-state index contributed by atoms with van der Waals surface area (Å²) in [6, 6.07) is 0. The fraction of sp³-hybridized carbons (Fsp3) is 0.727. The van der Waals surface area contributed by atoms with E-state index in [4.69, 9.17) is 0 Å². The van der Waals surface area contributed by atoms with Crippen molar-refractivity contribution in [1.29, 1.82) is 0 Å².